The average Bonchev–Trinajstić information content (AvgIpc) is 3.29. The van der Waals surface area contributed by atoms with Gasteiger partial charge in [0.05, 0.1) is 30.9 Å². The van der Waals surface area contributed by atoms with E-state index in [4.69, 9.17) is 4.74 Å². The normalized spacial score (nSPS) is 20.2. The molecule has 0 spiro atoms. The molecule has 5 rings (SSSR count). The van der Waals surface area contributed by atoms with E-state index < -0.39 is 6.10 Å². The molecule has 28 heavy (non-hydrogen) atoms. The van der Waals surface area contributed by atoms with E-state index in [9.17, 15) is 9.90 Å². The van der Waals surface area contributed by atoms with Gasteiger partial charge in [-0.1, -0.05) is 0 Å². The number of hydrogen-bond donors (Lipinski definition) is 3. The van der Waals surface area contributed by atoms with Gasteiger partial charge in [0, 0.05) is 35.1 Å². The Labute approximate surface area is 160 Å². The zero-order valence-electron chi connectivity index (χ0n) is 15.5. The molecule has 0 bridgehead atoms. The maximum Gasteiger partial charge on any atom is 0.327 e. The highest BCUT2D eigenvalue weighted by Gasteiger charge is 2.22. The second-order valence-corrected chi connectivity index (χ2v) is 7.36. The zero-order chi connectivity index (χ0) is 19.3. The smallest absolute Gasteiger partial charge is 0.327 e. The lowest BCUT2D eigenvalue weighted by molar-refractivity contribution is -0.0609. The molecular formula is C20H21N5O3. The van der Waals surface area contributed by atoms with Crippen molar-refractivity contribution in [2.45, 2.75) is 38.5 Å². The van der Waals surface area contributed by atoms with Crippen LogP contribution in [0.2, 0.25) is 0 Å². The summed E-state index contributed by atoms with van der Waals surface area (Å²) in [6.45, 7) is 2.81. The van der Waals surface area contributed by atoms with Crippen molar-refractivity contribution in [3.05, 3.63) is 46.8 Å². The summed E-state index contributed by atoms with van der Waals surface area (Å²) < 4.78 is 7.36. The lowest BCUT2D eigenvalue weighted by Crippen LogP contribution is -2.34. The van der Waals surface area contributed by atoms with Crippen molar-refractivity contribution in [3.8, 4) is 11.1 Å². The molecule has 1 aliphatic heterocycles. The summed E-state index contributed by atoms with van der Waals surface area (Å²) in [4.78, 5) is 27.4. The molecule has 0 aliphatic carbocycles. The number of aliphatic hydroxyl groups excluding tert-OH is 1. The van der Waals surface area contributed by atoms with Crippen LogP contribution < -0.4 is 5.69 Å². The first-order chi connectivity index (χ1) is 13.6. The largest absolute Gasteiger partial charge is 0.391 e. The quantitative estimate of drug-likeness (QED) is 0.505. The standard InChI is InChI=1S/C20H21N5O3/c1-11-15-4-5-21-18(15)23-8-16(11)12-6-17-19(22-7-12)24-20(27)25(17)9-14-3-2-13(26)10-28-14/h4-8,13-14,26H,2-3,9-10H2,1H3,(H,21,23)(H,22,24,27)/t13-,14-/m0/s1. The van der Waals surface area contributed by atoms with Crippen LogP contribution in [0.4, 0.5) is 0 Å². The third kappa shape index (κ3) is 2.81. The molecule has 0 amide bonds. The third-order valence-corrected chi connectivity index (χ3v) is 5.53. The Morgan fingerprint density at radius 1 is 1.29 bits per heavy atom. The third-order valence-electron chi connectivity index (χ3n) is 5.53. The van der Waals surface area contributed by atoms with E-state index in [1.807, 2.05) is 24.5 Å². The Morgan fingerprint density at radius 3 is 2.96 bits per heavy atom. The van der Waals surface area contributed by atoms with Crippen molar-refractivity contribution in [3.63, 3.8) is 0 Å². The number of nitrogens with zero attached hydrogens (tertiary/aromatic N) is 3. The lowest BCUT2D eigenvalue weighted by Gasteiger charge is -2.26. The Hall–Kier alpha value is -2.97. The van der Waals surface area contributed by atoms with Gasteiger partial charge in [0.25, 0.3) is 0 Å². The van der Waals surface area contributed by atoms with Gasteiger partial charge in [0.15, 0.2) is 5.65 Å². The average molecular weight is 379 g/mol. The first-order valence-corrected chi connectivity index (χ1v) is 9.41. The molecule has 8 nitrogen and oxygen atoms in total. The molecule has 2 atom stereocenters. The summed E-state index contributed by atoms with van der Waals surface area (Å²) in [5, 5.41) is 10.7. The Morgan fingerprint density at radius 2 is 2.14 bits per heavy atom. The highest BCUT2D eigenvalue weighted by atomic mass is 16.5. The molecule has 0 saturated carbocycles. The second kappa shape index (κ2) is 6.57. The van der Waals surface area contributed by atoms with Crippen LogP contribution in [0.25, 0.3) is 33.3 Å². The SMILES string of the molecule is Cc1c(-c2cnc3[nH]c(=O)n(C[C@@H]4CC[C@H](O)CO4)c3c2)cnc2[nH]ccc12. The van der Waals surface area contributed by atoms with Crippen molar-refractivity contribution in [2.75, 3.05) is 6.61 Å². The van der Waals surface area contributed by atoms with Gasteiger partial charge in [-0.25, -0.2) is 14.8 Å². The molecule has 1 fully saturated rings. The fourth-order valence-corrected chi connectivity index (χ4v) is 3.93. The number of aromatic amines is 2. The van der Waals surface area contributed by atoms with Gasteiger partial charge in [0.1, 0.15) is 5.65 Å². The molecule has 1 saturated heterocycles. The summed E-state index contributed by atoms with van der Waals surface area (Å²) in [5.41, 5.74) is 4.95. The molecule has 0 unspecified atom stereocenters. The lowest BCUT2D eigenvalue weighted by atomic mass is 10.0. The van der Waals surface area contributed by atoms with Gasteiger partial charge in [-0.05, 0) is 37.5 Å². The van der Waals surface area contributed by atoms with Crippen molar-refractivity contribution in [1.82, 2.24) is 24.5 Å². The number of ether oxygens (including phenoxy) is 1. The van der Waals surface area contributed by atoms with E-state index in [2.05, 4.69) is 26.9 Å². The van der Waals surface area contributed by atoms with Crippen molar-refractivity contribution < 1.29 is 9.84 Å². The minimum Gasteiger partial charge on any atom is -0.391 e. The van der Waals surface area contributed by atoms with E-state index in [0.29, 0.717) is 25.2 Å². The van der Waals surface area contributed by atoms with Gasteiger partial charge in [0.2, 0.25) is 0 Å². The molecule has 0 radical (unpaired) electrons. The molecule has 1 aliphatic rings. The monoisotopic (exact) mass is 379 g/mol. The van der Waals surface area contributed by atoms with E-state index in [1.165, 1.54) is 0 Å². The molecule has 4 aromatic rings. The highest BCUT2D eigenvalue weighted by Crippen LogP contribution is 2.29. The minimum atomic E-state index is -0.414. The number of fused-ring (bicyclic) bond motifs is 2. The van der Waals surface area contributed by atoms with E-state index in [-0.39, 0.29) is 11.8 Å². The van der Waals surface area contributed by atoms with Crippen LogP contribution in [0.3, 0.4) is 0 Å². The first kappa shape index (κ1) is 17.2. The maximum atomic E-state index is 12.5. The van der Waals surface area contributed by atoms with Gasteiger partial charge >= 0.3 is 5.69 Å². The van der Waals surface area contributed by atoms with E-state index >= 15 is 0 Å². The van der Waals surface area contributed by atoms with E-state index in [0.717, 1.165) is 39.7 Å². The number of nitrogens with one attached hydrogen (secondary N) is 2. The van der Waals surface area contributed by atoms with Crippen molar-refractivity contribution >= 4 is 22.2 Å². The summed E-state index contributed by atoms with van der Waals surface area (Å²) in [6.07, 6.45) is 6.37. The fourth-order valence-electron chi connectivity index (χ4n) is 3.93. The summed E-state index contributed by atoms with van der Waals surface area (Å²) in [6, 6.07) is 3.98. The molecular weight excluding hydrogens is 358 g/mol. The van der Waals surface area contributed by atoms with Crippen LogP contribution in [0, 0.1) is 6.92 Å². The Balaban J connectivity index is 1.56. The molecule has 5 heterocycles. The number of aryl methyl sites for hydroxylation is 1. The topological polar surface area (TPSA) is 109 Å². The number of rotatable bonds is 3. The maximum absolute atomic E-state index is 12.5. The fraction of sp³-hybridized carbons (Fsp3) is 0.350. The molecule has 3 N–H and O–H groups in total. The number of imidazole rings is 1. The van der Waals surface area contributed by atoms with Crippen LogP contribution >= 0.6 is 0 Å². The Kier molecular flexibility index (Phi) is 4.03. The summed E-state index contributed by atoms with van der Waals surface area (Å²) in [7, 11) is 0. The molecule has 4 aromatic heterocycles. The second-order valence-electron chi connectivity index (χ2n) is 7.36. The van der Waals surface area contributed by atoms with Crippen LogP contribution in [-0.2, 0) is 11.3 Å². The van der Waals surface area contributed by atoms with Gasteiger partial charge in [-0.15, -0.1) is 0 Å². The number of pyridine rings is 2. The number of hydrogen-bond acceptors (Lipinski definition) is 5. The van der Waals surface area contributed by atoms with Crippen LogP contribution in [-0.4, -0.2) is 48.4 Å². The van der Waals surface area contributed by atoms with Gasteiger partial charge in [-0.2, -0.15) is 0 Å². The number of aromatic nitrogens is 5. The summed E-state index contributed by atoms with van der Waals surface area (Å²) >= 11 is 0. The first-order valence-electron chi connectivity index (χ1n) is 9.41. The van der Waals surface area contributed by atoms with Crippen molar-refractivity contribution in [2.24, 2.45) is 0 Å². The number of H-pyrrole nitrogens is 2. The minimum absolute atomic E-state index is 0.0941. The predicted molar refractivity (Wildman–Crippen MR) is 105 cm³/mol. The number of aliphatic hydroxyl groups is 1. The predicted octanol–water partition coefficient (Wildman–Crippen LogP) is 2.12. The highest BCUT2D eigenvalue weighted by molar-refractivity contribution is 5.88. The van der Waals surface area contributed by atoms with Crippen LogP contribution in [0.5, 0.6) is 0 Å². The zero-order valence-corrected chi connectivity index (χ0v) is 15.5. The summed E-state index contributed by atoms with van der Waals surface area (Å²) in [5.74, 6) is 0. The van der Waals surface area contributed by atoms with Crippen LogP contribution in [0.1, 0.15) is 18.4 Å². The Bertz CT molecular complexity index is 1210. The van der Waals surface area contributed by atoms with Crippen molar-refractivity contribution in [1.29, 1.82) is 0 Å². The van der Waals surface area contributed by atoms with Crippen LogP contribution in [0.15, 0.2) is 35.5 Å². The van der Waals surface area contributed by atoms with E-state index in [1.54, 1.807) is 10.8 Å². The van der Waals surface area contributed by atoms with Gasteiger partial charge < -0.3 is 14.8 Å². The molecule has 8 heteroatoms. The molecule has 0 aromatic carbocycles. The molecule has 144 valence electrons. The van der Waals surface area contributed by atoms with Gasteiger partial charge in [-0.3, -0.25) is 9.55 Å².